The third kappa shape index (κ3) is 41.3. The number of benzene rings is 6. The van der Waals surface area contributed by atoms with Crippen LogP contribution < -0.4 is 24.6 Å². The summed E-state index contributed by atoms with van der Waals surface area (Å²) in [6.45, 7) is 37.2. The van der Waals surface area contributed by atoms with Crippen LogP contribution in [0.5, 0.6) is 34.5 Å². The van der Waals surface area contributed by atoms with Gasteiger partial charge in [0.25, 0.3) is 0 Å². The van der Waals surface area contributed by atoms with Gasteiger partial charge in [0.15, 0.2) is 0 Å². The Morgan fingerprint density at radius 2 is 0.835 bits per heavy atom. The summed E-state index contributed by atoms with van der Waals surface area (Å²) < 4.78 is 42.4. The molecule has 4 unspecified atom stereocenters. The third-order valence-corrected chi connectivity index (χ3v) is 16.5. The average Bonchev–Trinajstić information content (AvgIpc) is 1.03. The first-order chi connectivity index (χ1) is 48.4. The molecule has 4 heterocycles. The summed E-state index contributed by atoms with van der Waals surface area (Å²) in [6.07, 6.45) is 15.4. The molecule has 4 atom stereocenters. The topological polar surface area (TPSA) is 211 Å². The second kappa shape index (κ2) is 53.1. The Morgan fingerprint density at radius 3 is 1.14 bits per heavy atom. The molecule has 0 spiro atoms. The quantitative estimate of drug-likeness (QED) is 0.0143. The molecule has 0 radical (unpaired) electrons. The first kappa shape index (κ1) is 93.2. The van der Waals surface area contributed by atoms with Crippen molar-refractivity contribution in [1.29, 1.82) is 0 Å². The summed E-state index contributed by atoms with van der Waals surface area (Å²) in [5.74, 6) is 3.33. The van der Waals surface area contributed by atoms with Crippen molar-refractivity contribution in [2.45, 2.75) is 251 Å². The van der Waals surface area contributed by atoms with Crippen LogP contribution in [0.2, 0.25) is 0 Å². The van der Waals surface area contributed by atoms with Crippen LogP contribution >= 0.6 is 0 Å². The van der Waals surface area contributed by atoms with Crippen LogP contribution in [0, 0.1) is 33.6 Å². The standard InChI is InChI=1S/C32H54O6.C10H12N2O.3C10H12O2.C7H8O.2C3H8.2CH4/c1-7-9-11-13-21-37-29(35)17-15-19-31(3,4)25-23-28(34)26(24-27(25)33)32(5,6)20-16-18-30(36)38-22-14-12-10-8-2;1-8-7-12(11-10(8)13)9-5-3-2-4-6-9;3*1-8-4-2-3-5-10(8)12-7-9-6-11-9;1-6-2-4-7(8)5-3-6;2*1-3-2;;/h23-24,33-34H,7-22H2,1-6H3;2-6,8H,7H2,1H3,(H,11,13);3*2-5,9H,6-7H2,1H3;2-5,8H,1H3;2*3H2,1-2H3;2*1H4. The van der Waals surface area contributed by atoms with Crippen LogP contribution in [-0.4, -0.2) is 111 Å². The molecule has 4 N–H and O–H groups in total. The van der Waals surface area contributed by atoms with Crippen molar-refractivity contribution in [3.8, 4) is 34.5 Å². The van der Waals surface area contributed by atoms with Gasteiger partial charge in [0.1, 0.15) is 72.6 Å². The maximum absolute atomic E-state index is 12.1. The fourth-order valence-electron chi connectivity index (χ4n) is 10.0. The number of esters is 2. The maximum atomic E-state index is 12.1. The Labute approximate surface area is 621 Å². The van der Waals surface area contributed by atoms with Gasteiger partial charge in [-0.15, -0.1) is 0 Å². The Bertz CT molecular complexity index is 2970. The van der Waals surface area contributed by atoms with E-state index in [0.717, 1.165) is 101 Å². The van der Waals surface area contributed by atoms with Gasteiger partial charge in [-0.2, -0.15) is 0 Å². The lowest BCUT2D eigenvalue weighted by atomic mass is 9.75. The fourth-order valence-corrected chi connectivity index (χ4v) is 10.0. The molecule has 6 aromatic carbocycles. The van der Waals surface area contributed by atoms with Crippen molar-refractivity contribution in [1.82, 2.24) is 5.43 Å². The molecule has 10 rings (SSSR count). The number of nitrogens with zero attached hydrogens (tertiary/aromatic N) is 1. The monoisotopic (exact) mass is 1430 g/mol. The molecule has 16 heteroatoms. The zero-order valence-corrected chi connectivity index (χ0v) is 64.0. The molecule has 4 saturated heterocycles. The largest absolute Gasteiger partial charge is 0.508 e. The number of phenols is 3. The van der Waals surface area contributed by atoms with E-state index in [1.54, 1.807) is 24.3 Å². The van der Waals surface area contributed by atoms with Gasteiger partial charge < -0.3 is 53.2 Å². The smallest absolute Gasteiger partial charge is 0.305 e. The number of para-hydroxylation sites is 4. The summed E-state index contributed by atoms with van der Waals surface area (Å²) in [6, 6.07) is 44.3. The molecule has 4 fully saturated rings. The summed E-state index contributed by atoms with van der Waals surface area (Å²) in [5, 5.41) is 32.4. The van der Waals surface area contributed by atoms with Crippen LogP contribution in [-0.2, 0) is 48.9 Å². The minimum atomic E-state index is -0.424. The van der Waals surface area contributed by atoms with Gasteiger partial charge >= 0.3 is 11.9 Å². The van der Waals surface area contributed by atoms with Crippen LogP contribution in [0.1, 0.15) is 227 Å². The number of amides is 1. The van der Waals surface area contributed by atoms with Crippen LogP contribution in [0.4, 0.5) is 5.69 Å². The molecule has 103 heavy (non-hydrogen) atoms. The molecule has 1 amide bonds. The Kier molecular flexibility index (Phi) is 48.0. The first-order valence-corrected chi connectivity index (χ1v) is 37.1. The highest BCUT2D eigenvalue weighted by atomic mass is 16.6. The van der Waals surface area contributed by atoms with Gasteiger partial charge in [0, 0.05) is 24.0 Å². The van der Waals surface area contributed by atoms with Gasteiger partial charge in [0.2, 0.25) is 5.91 Å². The van der Waals surface area contributed by atoms with E-state index in [4.69, 9.17) is 43.0 Å². The third-order valence-electron chi connectivity index (χ3n) is 16.5. The Hall–Kier alpha value is -7.79. The molecule has 0 saturated carbocycles. The molecule has 4 aliphatic rings. The summed E-state index contributed by atoms with van der Waals surface area (Å²) in [7, 11) is 0. The maximum Gasteiger partial charge on any atom is 0.305 e. The molecule has 576 valence electrons. The van der Waals surface area contributed by atoms with E-state index in [-0.39, 0.29) is 50.1 Å². The molecule has 4 aliphatic heterocycles. The van der Waals surface area contributed by atoms with Crippen molar-refractivity contribution in [3.05, 3.63) is 173 Å². The lowest BCUT2D eigenvalue weighted by Gasteiger charge is -2.30. The first-order valence-electron chi connectivity index (χ1n) is 37.1. The minimum absolute atomic E-state index is 0. The van der Waals surface area contributed by atoms with Gasteiger partial charge in [-0.25, -0.2) is 0 Å². The van der Waals surface area contributed by atoms with E-state index in [9.17, 15) is 24.6 Å². The number of aryl methyl sites for hydroxylation is 4. The van der Waals surface area contributed by atoms with Crippen LogP contribution in [0.3, 0.4) is 0 Å². The van der Waals surface area contributed by atoms with Crippen LogP contribution in [0.15, 0.2) is 140 Å². The number of hydrogen-bond donors (Lipinski definition) is 4. The molecule has 0 aliphatic carbocycles. The van der Waals surface area contributed by atoms with E-state index in [1.807, 2.05) is 183 Å². The van der Waals surface area contributed by atoms with E-state index < -0.39 is 10.8 Å². The van der Waals surface area contributed by atoms with Gasteiger partial charge in [-0.3, -0.25) is 24.8 Å². The highest BCUT2D eigenvalue weighted by Crippen LogP contribution is 2.44. The number of carbonyl (C=O) groups excluding carboxylic acids is 3. The van der Waals surface area contributed by atoms with Crippen molar-refractivity contribution < 1.29 is 67.6 Å². The van der Waals surface area contributed by atoms with Crippen molar-refractivity contribution in [2.75, 3.05) is 64.4 Å². The van der Waals surface area contributed by atoms with E-state index >= 15 is 0 Å². The molecule has 0 bridgehead atoms. The van der Waals surface area contributed by atoms with E-state index in [2.05, 4.69) is 47.0 Å². The number of nitrogens with one attached hydrogen (secondary N) is 1. The van der Waals surface area contributed by atoms with Gasteiger partial charge in [0.05, 0.1) is 51.2 Å². The number of anilines is 1. The molecular formula is C87H134N2O14. The second-order valence-electron chi connectivity index (χ2n) is 27.6. The molecular weight excluding hydrogens is 1300 g/mol. The number of hydrogen-bond acceptors (Lipinski definition) is 15. The number of epoxide rings is 3. The van der Waals surface area contributed by atoms with Gasteiger partial charge in [-0.1, -0.05) is 233 Å². The minimum Gasteiger partial charge on any atom is -0.508 e. The van der Waals surface area contributed by atoms with E-state index in [0.29, 0.717) is 107 Å². The number of aromatic hydroxyl groups is 3. The Morgan fingerprint density at radius 1 is 0.495 bits per heavy atom. The highest BCUT2D eigenvalue weighted by molar-refractivity contribution is 5.83. The number of rotatable bonds is 30. The SMILES string of the molecule is C.C.CC1CN(c2ccccc2)NC1=O.CCC.CCC.CCCCCCOC(=O)CCCC(C)(C)c1cc(O)c(C(C)(C)CCCC(=O)OCCCCCC)cc1O.Cc1ccc(O)cc1.Cc1ccccc1OCC1CO1.Cc1ccccc1OCC1CO1.Cc1ccccc1OCC1CO1. The van der Waals surface area contributed by atoms with Crippen molar-refractivity contribution in [3.63, 3.8) is 0 Å². The zero-order valence-electron chi connectivity index (χ0n) is 64.0. The molecule has 6 aromatic rings. The average molecular weight is 1430 g/mol. The number of carbonyl (C=O) groups is 3. The van der Waals surface area contributed by atoms with E-state index in [1.165, 1.54) is 35.1 Å². The lowest BCUT2D eigenvalue weighted by molar-refractivity contribution is -0.144. The van der Waals surface area contributed by atoms with Crippen molar-refractivity contribution >= 4 is 23.5 Å². The summed E-state index contributed by atoms with van der Waals surface area (Å²) in [4.78, 5) is 35.3. The normalized spacial score (nSPS) is 15.4. The van der Waals surface area contributed by atoms with Crippen LogP contribution in [0.25, 0.3) is 0 Å². The highest BCUT2D eigenvalue weighted by Gasteiger charge is 2.31. The Balaban J connectivity index is 0.000000666. The van der Waals surface area contributed by atoms with Crippen molar-refractivity contribution in [2.24, 2.45) is 5.92 Å². The predicted octanol–water partition coefficient (Wildman–Crippen LogP) is 20.5. The fraction of sp³-hybridized carbons (Fsp3) is 0.552. The molecule has 16 nitrogen and oxygen atoms in total. The zero-order chi connectivity index (χ0) is 74.4. The number of hydrazine groups is 1. The number of unbranched alkanes of at least 4 members (excludes halogenated alkanes) is 6. The molecule has 0 aromatic heterocycles. The number of ether oxygens (including phenoxy) is 8. The second-order valence-corrected chi connectivity index (χ2v) is 27.6. The number of phenolic OH excluding ortho intramolecular Hbond substituents is 3. The predicted molar refractivity (Wildman–Crippen MR) is 422 cm³/mol. The lowest BCUT2D eigenvalue weighted by Crippen LogP contribution is -2.32. The summed E-state index contributed by atoms with van der Waals surface area (Å²) in [5.41, 5.74) is 9.04. The van der Waals surface area contributed by atoms with Gasteiger partial charge in [-0.05, 0) is 148 Å². The summed E-state index contributed by atoms with van der Waals surface area (Å²) >= 11 is 0.